The molecular weight excluding hydrogens is 605 g/mol. The molecule has 2 heterocycles. The Morgan fingerprint density at radius 1 is 0.810 bits per heavy atom. The van der Waals surface area contributed by atoms with Crippen LogP contribution in [-0.4, -0.2) is 20.0 Å². The first-order valence-electron chi connectivity index (χ1n) is 11.7. The van der Waals surface area contributed by atoms with Gasteiger partial charge in [0.2, 0.25) is 40.8 Å². The third-order valence-corrected chi connectivity index (χ3v) is 7.69. The fraction of sp³-hybridized carbons (Fsp3) is 0.148. The van der Waals surface area contributed by atoms with E-state index >= 15 is 0 Å². The zero-order valence-corrected chi connectivity index (χ0v) is 21.4. The number of hydrogen-bond acceptors (Lipinski definition) is 5. The highest BCUT2D eigenvalue weighted by Gasteiger charge is 2.35. The third-order valence-electron chi connectivity index (χ3n) is 6.47. The van der Waals surface area contributed by atoms with Gasteiger partial charge >= 0.3 is 16.3 Å². The second-order valence-electron chi connectivity index (χ2n) is 9.00. The first kappa shape index (κ1) is 29.2. The van der Waals surface area contributed by atoms with Crippen molar-refractivity contribution in [2.45, 2.75) is 23.4 Å². The molecule has 0 fully saturated rings. The van der Waals surface area contributed by atoms with E-state index in [1.54, 1.807) is 0 Å². The summed E-state index contributed by atoms with van der Waals surface area (Å²) in [5.74, 6) is -16.0. The Hall–Kier alpha value is -4.27. The van der Waals surface area contributed by atoms with E-state index in [0.29, 0.717) is 11.1 Å². The number of benzene rings is 3. The molecule has 0 radical (unpaired) electrons. The molecule has 5 nitrogen and oxygen atoms in total. The molecule has 0 amide bonds. The highest BCUT2D eigenvalue weighted by molar-refractivity contribution is 7.87. The topological polar surface area (TPSA) is 65.5 Å². The maximum Gasteiger partial charge on any atom is 0.416 e. The minimum absolute atomic E-state index is 0.0538. The van der Waals surface area contributed by atoms with Gasteiger partial charge in [0.1, 0.15) is 10.6 Å². The number of nitrogens with zero attached hydrogens (tertiary/aromatic N) is 1. The van der Waals surface area contributed by atoms with Crippen LogP contribution in [0.25, 0.3) is 11.1 Å². The van der Waals surface area contributed by atoms with E-state index in [-0.39, 0.29) is 29.9 Å². The number of aromatic nitrogens is 1. The van der Waals surface area contributed by atoms with E-state index in [9.17, 15) is 47.9 Å². The van der Waals surface area contributed by atoms with E-state index in [4.69, 9.17) is 4.74 Å². The zero-order valence-electron chi connectivity index (χ0n) is 20.6. The molecule has 220 valence electrons. The molecule has 0 spiro atoms. The molecule has 15 heteroatoms. The van der Waals surface area contributed by atoms with Gasteiger partial charge in [-0.15, -0.1) is 0 Å². The maximum absolute atomic E-state index is 14.0. The van der Waals surface area contributed by atoms with Crippen LogP contribution >= 0.6 is 0 Å². The average molecular weight is 619 g/mol. The van der Waals surface area contributed by atoms with Gasteiger partial charge in [0, 0.05) is 29.3 Å². The molecule has 4 aromatic rings. The molecule has 1 aromatic heterocycles. The molecule has 1 aliphatic heterocycles. The minimum Gasteiger partial charge on any atom is -0.493 e. The lowest BCUT2D eigenvalue weighted by Crippen LogP contribution is -2.18. The van der Waals surface area contributed by atoms with E-state index in [1.807, 2.05) is 0 Å². The van der Waals surface area contributed by atoms with Gasteiger partial charge in [-0.05, 0) is 47.9 Å². The number of fused-ring (bicyclic) bond motifs is 1. The van der Waals surface area contributed by atoms with Crippen LogP contribution in [0.1, 0.15) is 29.0 Å². The SMILES string of the molecule is O=S(=O)(Oc1c(F)c(F)c(F)c(F)c1F)c1ccc2c(c1)OCCC2c1ccc(C(F)(F)F)cc1-c1ccc(F)nc1. The van der Waals surface area contributed by atoms with Gasteiger partial charge in [0.15, 0.2) is 0 Å². The summed E-state index contributed by atoms with van der Waals surface area (Å²) in [6, 6.07) is 8.15. The Balaban J connectivity index is 1.56. The van der Waals surface area contributed by atoms with E-state index < -0.39 is 73.5 Å². The van der Waals surface area contributed by atoms with Crippen molar-refractivity contribution in [3.63, 3.8) is 0 Å². The van der Waals surface area contributed by atoms with Crippen LogP contribution in [0.15, 0.2) is 59.6 Å². The highest BCUT2D eigenvalue weighted by atomic mass is 32.2. The predicted octanol–water partition coefficient (Wildman–Crippen LogP) is 7.28. The van der Waals surface area contributed by atoms with Gasteiger partial charge < -0.3 is 8.92 Å². The normalized spacial score (nSPS) is 15.2. The first-order chi connectivity index (χ1) is 19.7. The van der Waals surface area contributed by atoms with Crippen LogP contribution < -0.4 is 8.92 Å². The van der Waals surface area contributed by atoms with Crippen LogP contribution in [0, 0.1) is 35.0 Å². The molecule has 0 N–H and O–H groups in total. The van der Waals surface area contributed by atoms with Crippen molar-refractivity contribution in [2.75, 3.05) is 6.61 Å². The fourth-order valence-corrected chi connectivity index (χ4v) is 5.43. The van der Waals surface area contributed by atoms with Crippen LogP contribution in [0.3, 0.4) is 0 Å². The lowest BCUT2D eigenvalue weighted by Gasteiger charge is -2.28. The Bertz CT molecular complexity index is 1780. The summed E-state index contributed by atoms with van der Waals surface area (Å²) in [5, 5.41) is 0. The summed E-state index contributed by atoms with van der Waals surface area (Å²) in [7, 11) is -5.18. The first-order valence-corrected chi connectivity index (χ1v) is 13.2. The molecule has 42 heavy (non-hydrogen) atoms. The highest BCUT2D eigenvalue weighted by Crippen LogP contribution is 2.44. The van der Waals surface area contributed by atoms with Crippen molar-refractivity contribution in [3.8, 4) is 22.6 Å². The fourth-order valence-electron chi connectivity index (χ4n) is 4.49. The molecule has 3 aromatic carbocycles. The van der Waals surface area contributed by atoms with Crippen molar-refractivity contribution in [3.05, 3.63) is 106 Å². The maximum atomic E-state index is 14.0. The molecule has 0 saturated carbocycles. The Morgan fingerprint density at radius 3 is 2.07 bits per heavy atom. The summed E-state index contributed by atoms with van der Waals surface area (Å²) in [4.78, 5) is 2.73. The van der Waals surface area contributed by atoms with Crippen LogP contribution in [0.4, 0.5) is 39.5 Å². The molecule has 0 aliphatic carbocycles. The molecule has 5 rings (SSSR count). The van der Waals surface area contributed by atoms with Crippen molar-refractivity contribution in [2.24, 2.45) is 0 Å². The van der Waals surface area contributed by atoms with Crippen molar-refractivity contribution < 1.29 is 56.9 Å². The summed E-state index contributed by atoms with van der Waals surface area (Å²) >= 11 is 0. The summed E-state index contributed by atoms with van der Waals surface area (Å²) in [6.07, 6.45) is -3.43. The Kier molecular flexibility index (Phi) is 7.33. The van der Waals surface area contributed by atoms with E-state index in [1.165, 1.54) is 18.2 Å². The van der Waals surface area contributed by atoms with E-state index in [2.05, 4.69) is 9.17 Å². The minimum atomic E-state index is -5.18. The Morgan fingerprint density at radius 2 is 1.45 bits per heavy atom. The zero-order chi connectivity index (χ0) is 30.6. The summed E-state index contributed by atoms with van der Waals surface area (Å²) in [6.45, 7) is -0.0538. The van der Waals surface area contributed by atoms with Gasteiger partial charge in [-0.25, -0.2) is 18.2 Å². The van der Waals surface area contributed by atoms with Crippen LogP contribution in [0.5, 0.6) is 11.5 Å². The summed E-state index contributed by atoms with van der Waals surface area (Å²) < 4.78 is 158. The number of rotatable bonds is 5. The van der Waals surface area contributed by atoms with Crippen molar-refractivity contribution in [1.82, 2.24) is 4.98 Å². The number of halogens is 9. The predicted molar refractivity (Wildman–Crippen MR) is 127 cm³/mol. The smallest absolute Gasteiger partial charge is 0.416 e. The molecule has 0 saturated heterocycles. The lowest BCUT2D eigenvalue weighted by molar-refractivity contribution is -0.137. The molecule has 1 aliphatic rings. The van der Waals surface area contributed by atoms with Gasteiger partial charge in [0.05, 0.1) is 12.2 Å². The van der Waals surface area contributed by atoms with Gasteiger partial charge in [-0.3, -0.25) is 0 Å². The third kappa shape index (κ3) is 5.24. The number of alkyl halides is 3. The quantitative estimate of drug-likeness (QED) is 0.0773. The molecule has 1 atom stereocenters. The van der Waals surface area contributed by atoms with E-state index in [0.717, 1.165) is 36.5 Å². The molecular formula is C27H14F9NO4S. The van der Waals surface area contributed by atoms with Crippen LogP contribution in [-0.2, 0) is 16.3 Å². The average Bonchev–Trinajstić information content (AvgIpc) is 2.96. The van der Waals surface area contributed by atoms with Crippen molar-refractivity contribution >= 4 is 10.1 Å². The number of pyridine rings is 1. The van der Waals surface area contributed by atoms with Gasteiger partial charge in [0.25, 0.3) is 0 Å². The largest absolute Gasteiger partial charge is 0.493 e. The van der Waals surface area contributed by atoms with Crippen LogP contribution in [0.2, 0.25) is 0 Å². The number of ether oxygens (including phenoxy) is 1. The van der Waals surface area contributed by atoms with Gasteiger partial charge in [-0.1, -0.05) is 12.1 Å². The second kappa shape index (κ2) is 10.5. The molecule has 1 unspecified atom stereocenters. The lowest BCUT2D eigenvalue weighted by atomic mass is 9.82. The standard InChI is InChI=1S/C27H14F9NO4S/c28-20-6-1-12(11-37-20)18-9-13(27(34,35)36)2-4-15(18)16-7-8-40-19-10-14(3-5-17(16)19)42(38,39)41-26-24(32)22(30)21(29)23(31)25(26)33/h1-6,9-11,16H,7-8H2. The van der Waals surface area contributed by atoms with Crippen molar-refractivity contribution in [1.29, 1.82) is 0 Å². The monoisotopic (exact) mass is 619 g/mol. The summed E-state index contributed by atoms with van der Waals surface area (Å²) in [5.41, 5.74) is -0.103. The molecule has 0 bridgehead atoms. The Labute approximate surface area is 231 Å². The number of hydrogen-bond donors (Lipinski definition) is 0. The second-order valence-corrected chi connectivity index (χ2v) is 10.5. The van der Waals surface area contributed by atoms with Gasteiger partial charge in [-0.2, -0.15) is 34.8 Å².